The van der Waals surface area contributed by atoms with E-state index in [-0.39, 0.29) is 22.9 Å². The summed E-state index contributed by atoms with van der Waals surface area (Å²) in [4.78, 5) is 23.3. The van der Waals surface area contributed by atoms with E-state index in [1.165, 1.54) is 31.4 Å². The predicted octanol–water partition coefficient (Wildman–Crippen LogP) is 5.30. The van der Waals surface area contributed by atoms with Crippen LogP contribution in [0.5, 0.6) is 11.6 Å². The van der Waals surface area contributed by atoms with E-state index in [1.54, 1.807) is 0 Å². The van der Waals surface area contributed by atoms with Crippen molar-refractivity contribution >= 4 is 11.7 Å². The molecule has 0 saturated heterocycles. The highest BCUT2D eigenvalue weighted by atomic mass is 16.6. The maximum absolute atomic E-state index is 12.9. The Hall–Kier alpha value is -4.59. The topological polar surface area (TPSA) is 104 Å². The summed E-state index contributed by atoms with van der Waals surface area (Å²) >= 11 is 0. The number of hydrogen-bond donors (Lipinski definition) is 0. The lowest BCUT2D eigenvalue weighted by Gasteiger charge is -2.16. The third-order valence-electron chi connectivity index (χ3n) is 4.70. The molecule has 0 spiro atoms. The van der Waals surface area contributed by atoms with Crippen LogP contribution in [0.1, 0.15) is 10.4 Å². The van der Waals surface area contributed by atoms with E-state index >= 15 is 0 Å². The van der Waals surface area contributed by atoms with E-state index in [9.17, 15) is 14.9 Å². The van der Waals surface area contributed by atoms with Crippen molar-refractivity contribution in [2.45, 2.75) is 0 Å². The molecule has 32 heavy (non-hydrogen) atoms. The first-order valence-electron chi connectivity index (χ1n) is 9.60. The first kappa shape index (κ1) is 20.7. The number of methoxy groups -OCH3 is 1. The van der Waals surface area contributed by atoms with Crippen molar-refractivity contribution in [3.8, 4) is 34.0 Å². The molecule has 0 bridgehead atoms. The molecular weight excluding hydrogens is 410 g/mol. The van der Waals surface area contributed by atoms with Gasteiger partial charge in [0.25, 0.3) is 11.6 Å². The number of carbonyl (C=O) groups excluding carboxylic acids is 1. The van der Waals surface area contributed by atoms with Gasteiger partial charge >= 0.3 is 5.97 Å². The molecule has 1 heterocycles. The standard InChI is InChI=1S/C24H17N3O5/c1-31-24(28)21-20(16-8-4-2-5-9-16)22(17-10-6-3-7-11-17)25-26-23(21)32-19-14-12-18(13-15-19)27(29)30/h2-15H,1H3. The van der Waals surface area contributed by atoms with Crippen molar-refractivity contribution in [1.29, 1.82) is 0 Å². The zero-order valence-corrected chi connectivity index (χ0v) is 17.0. The Labute approximate surface area is 183 Å². The Kier molecular flexibility index (Phi) is 5.85. The van der Waals surface area contributed by atoms with Crippen LogP contribution < -0.4 is 4.74 Å². The van der Waals surface area contributed by atoms with Gasteiger partial charge in [-0.15, -0.1) is 10.2 Å². The van der Waals surface area contributed by atoms with Crippen molar-refractivity contribution < 1.29 is 19.2 Å². The van der Waals surface area contributed by atoms with Gasteiger partial charge in [0.05, 0.1) is 12.0 Å². The van der Waals surface area contributed by atoms with E-state index < -0.39 is 10.9 Å². The summed E-state index contributed by atoms with van der Waals surface area (Å²) in [6, 6.07) is 24.1. The fourth-order valence-electron chi connectivity index (χ4n) is 3.22. The molecule has 0 N–H and O–H groups in total. The Morgan fingerprint density at radius 2 is 1.44 bits per heavy atom. The maximum Gasteiger partial charge on any atom is 0.344 e. The van der Waals surface area contributed by atoms with Crippen molar-refractivity contribution in [3.05, 3.63) is 101 Å². The molecular formula is C24H17N3O5. The minimum Gasteiger partial charge on any atom is -0.465 e. The summed E-state index contributed by atoms with van der Waals surface area (Å²) in [6.07, 6.45) is 0. The number of nitrogens with zero attached hydrogens (tertiary/aromatic N) is 3. The van der Waals surface area contributed by atoms with Gasteiger partial charge in [0, 0.05) is 23.3 Å². The molecule has 3 aromatic carbocycles. The largest absolute Gasteiger partial charge is 0.465 e. The molecule has 0 unspecified atom stereocenters. The fourth-order valence-corrected chi connectivity index (χ4v) is 3.22. The third-order valence-corrected chi connectivity index (χ3v) is 4.70. The first-order valence-corrected chi connectivity index (χ1v) is 9.60. The lowest BCUT2D eigenvalue weighted by molar-refractivity contribution is -0.384. The normalized spacial score (nSPS) is 10.4. The number of carbonyl (C=O) groups is 1. The van der Waals surface area contributed by atoms with Gasteiger partial charge in [0.15, 0.2) is 0 Å². The van der Waals surface area contributed by atoms with Gasteiger partial charge in [-0.3, -0.25) is 10.1 Å². The summed E-state index contributed by atoms with van der Waals surface area (Å²) < 4.78 is 10.9. The number of aromatic nitrogens is 2. The molecule has 0 aliphatic carbocycles. The molecule has 1 aromatic heterocycles. The highest BCUT2D eigenvalue weighted by molar-refractivity contribution is 6.03. The second-order valence-electron chi connectivity index (χ2n) is 6.68. The summed E-state index contributed by atoms with van der Waals surface area (Å²) in [5.74, 6) is -0.446. The molecule has 0 fully saturated rings. The molecule has 4 aromatic rings. The average molecular weight is 427 g/mol. The minimum atomic E-state index is -0.646. The number of rotatable bonds is 6. The van der Waals surface area contributed by atoms with E-state index in [0.29, 0.717) is 11.3 Å². The van der Waals surface area contributed by atoms with E-state index in [2.05, 4.69) is 10.2 Å². The number of esters is 1. The number of nitro groups is 1. The maximum atomic E-state index is 12.9. The monoisotopic (exact) mass is 427 g/mol. The molecule has 8 heteroatoms. The molecule has 4 rings (SSSR count). The van der Waals surface area contributed by atoms with Gasteiger partial charge in [-0.1, -0.05) is 60.7 Å². The summed E-state index contributed by atoms with van der Waals surface area (Å²) in [7, 11) is 1.27. The van der Waals surface area contributed by atoms with Crippen LogP contribution in [0.3, 0.4) is 0 Å². The summed E-state index contributed by atoms with van der Waals surface area (Å²) in [6.45, 7) is 0. The molecule has 0 aliphatic rings. The van der Waals surface area contributed by atoms with Crippen LogP contribution in [0.4, 0.5) is 5.69 Å². The van der Waals surface area contributed by atoms with Gasteiger partial charge in [0.1, 0.15) is 17.0 Å². The van der Waals surface area contributed by atoms with Gasteiger partial charge in [0.2, 0.25) is 0 Å². The lowest BCUT2D eigenvalue weighted by atomic mass is 9.95. The predicted molar refractivity (Wildman–Crippen MR) is 117 cm³/mol. The zero-order valence-electron chi connectivity index (χ0n) is 17.0. The quantitative estimate of drug-likeness (QED) is 0.234. The third kappa shape index (κ3) is 4.15. The van der Waals surface area contributed by atoms with Crippen molar-refractivity contribution in [2.75, 3.05) is 7.11 Å². The Bertz CT molecular complexity index is 1260. The summed E-state index contributed by atoms with van der Waals surface area (Å²) in [5.41, 5.74) is 2.52. The molecule has 0 amide bonds. The molecule has 0 radical (unpaired) electrons. The van der Waals surface area contributed by atoms with Crippen LogP contribution in [-0.4, -0.2) is 28.2 Å². The highest BCUT2D eigenvalue weighted by Crippen LogP contribution is 2.38. The zero-order chi connectivity index (χ0) is 22.5. The second kappa shape index (κ2) is 9.05. The van der Waals surface area contributed by atoms with Gasteiger partial charge in [-0.2, -0.15) is 0 Å². The average Bonchev–Trinajstić information content (AvgIpc) is 2.84. The Morgan fingerprint density at radius 1 is 0.844 bits per heavy atom. The Morgan fingerprint density at radius 3 is 2.00 bits per heavy atom. The SMILES string of the molecule is COC(=O)c1c(Oc2ccc([N+](=O)[O-])cc2)nnc(-c2ccccc2)c1-c1ccccc1. The molecule has 0 saturated carbocycles. The van der Waals surface area contributed by atoms with E-state index in [4.69, 9.17) is 9.47 Å². The molecule has 8 nitrogen and oxygen atoms in total. The number of benzene rings is 3. The van der Waals surface area contributed by atoms with Crippen molar-refractivity contribution in [1.82, 2.24) is 10.2 Å². The van der Waals surface area contributed by atoms with Gasteiger partial charge < -0.3 is 9.47 Å². The van der Waals surface area contributed by atoms with Crippen LogP contribution in [0.2, 0.25) is 0 Å². The highest BCUT2D eigenvalue weighted by Gasteiger charge is 2.26. The summed E-state index contributed by atoms with van der Waals surface area (Å²) in [5, 5.41) is 19.4. The van der Waals surface area contributed by atoms with Crippen LogP contribution >= 0.6 is 0 Å². The van der Waals surface area contributed by atoms with E-state index in [1.807, 2.05) is 60.7 Å². The number of ether oxygens (including phenoxy) is 2. The van der Waals surface area contributed by atoms with Crippen LogP contribution in [0.25, 0.3) is 22.4 Å². The smallest absolute Gasteiger partial charge is 0.344 e. The lowest BCUT2D eigenvalue weighted by Crippen LogP contribution is -2.10. The van der Waals surface area contributed by atoms with Gasteiger partial charge in [-0.05, 0) is 17.7 Å². The molecule has 158 valence electrons. The number of nitro benzene ring substituents is 1. The fraction of sp³-hybridized carbons (Fsp3) is 0.0417. The van der Waals surface area contributed by atoms with E-state index in [0.717, 1.165) is 11.1 Å². The molecule has 0 aliphatic heterocycles. The van der Waals surface area contributed by atoms with Crippen LogP contribution in [0.15, 0.2) is 84.9 Å². The molecule has 0 atom stereocenters. The van der Waals surface area contributed by atoms with Crippen molar-refractivity contribution in [3.63, 3.8) is 0 Å². The van der Waals surface area contributed by atoms with Crippen LogP contribution in [-0.2, 0) is 4.74 Å². The number of non-ortho nitro benzene ring substituents is 1. The van der Waals surface area contributed by atoms with Gasteiger partial charge in [-0.25, -0.2) is 4.79 Å². The Balaban J connectivity index is 1.91. The van der Waals surface area contributed by atoms with Crippen LogP contribution in [0, 0.1) is 10.1 Å². The second-order valence-corrected chi connectivity index (χ2v) is 6.68. The first-order chi connectivity index (χ1) is 15.6. The van der Waals surface area contributed by atoms with Crippen molar-refractivity contribution in [2.24, 2.45) is 0 Å². The minimum absolute atomic E-state index is 0.0655. The number of hydrogen-bond acceptors (Lipinski definition) is 7.